The van der Waals surface area contributed by atoms with Crippen molar-refractivity contribution in [3.63, 3.8) is 0 Å². The number of carbonyl (C=O) groups is 3. The van der Waals surface area contributed by atoms with Crippen LogP contribution in [0.1, 0.15) is 41.2 Å². The first-order valence-corrected chi connectivity index (χ1v) is 22.1. The van der Waals surface area contributed by atoms with E-state index in [0.29, 0.717) is 23.4 Å². The van der Waals surface area contributed by atoms with E-state index < -0.39 is 48.4 Å². The molecular formula is C43H44FN5O7Si. The Morgan fingerprint density at radius 2 is 1.77 bits per heavy atom. The van der Waals surface area contributed by atoms with Crippen molar-refractivity contribution in [1.29, 1.82) is 0 Å². The molecule has 57 heavy (non-hydrogen) atoms. The molecule has 0 saturated carbocycles. The monoisotopic (exact) mass is 789 g/mol. The third-order valence-electron chi connectivity index (χ3n) is 12.0. The fraction of sp³-hybridized carbons (Fsp3) is 0.326. The summed E-state index contributed by atoms with van der Waals surface area (Å²) >= 11 is 0. The Morgan fingerprint density at radius 1 is 1.05 bits per heavy atom. The van der Waals surface area contributed by atoms with Crippen LogP contribution in [0.25, 0.3) is 10.9 Å². The van der Waals surface area contributed by atoms with Gasteiger partial charge in [0.15, 0.2) is 5.60 Å². The maximum absolute atomic E-state index is 16.6. The summed E-state index contributed by atoms with van der Waals surface area (Å²) < 4.78 is 23.3. The second kappa shape index (κ2) is 14.7. The molecule has 1 aromatic heterocycles. The van der Waals surface area contributed by atoms with Crippen LogP contribution >= 0.6 is 0 Å². The second-order valence-corrected chi connectivity index (χ2v) is 19.7. The summed E-state index contributed by atoms with van der Waals surface area (Å²) in [5.74, 6) is -1.77. The number of hydrogen-bond acceptors (Lipinski definition) is 7. The molecule has 3 amide bonds. The van der Waals surface area contributed by atoms with Crippen LogP contribution in [-0.4, -0.2) is 64.8 Å². The standard InChI is InChI=1S/C43H44FN5O7Si/c1-26-41(57(2,3)44)38(21-40(52)47-24-29-9-5-4-8-28(29)18-33(47)25-50)56-43(26)35-20-32(49(54)55)16-17-37(35)48(42(43)53)23-27-12-14-31(15-13-27)46-39(51)19-30-22-45-36-11-7-6-10-34(30)36/h4-17,20,22,26,33,38,41,45,50H,18-19,21,23-25H2,1-3H3,(H,46,51)/t26-,33+,38+,41-,43+/m1/s1. The summed E-state index contributed by atoms with van der Waals surface area (Å²) in [4.78, 5) is 59.9. The van der Waals surface area contributed by atoms with Gasteiger partial charge in [-0.1, -0.05) is 61.5 Å². The zero-order chi connectivity index (χ0) is 40.2. The number of nitrogens with zero attached hydrogens (tertiary/aromatic N) is 3. The Bertz CT molecular complexity index is 2400. The Hall–Kier alpha value is -5.70. The highest BCUT2D eigenvalue weighted by atomic mass is 28.4. The molecule has 3 aliphatic heterocycles. The molecule has 5 atom stereocenters. The van der Waals surface area contributed by atoms with Crippen molar-refractivity contribution < 1.29 is 33.3 Å². The summed E-state index contributed by atoms with van der Waals surface area (Å²) in [5.41, 5.74) is 2.98. The van der Waals surface area contributed by atoms with Crippen LogP contribution in [0.2, 0.25) is 18.6 Å². The Morgan fingerprint density at radius 3 is 2.49 bits per heavy atom. The predicted octanol–water partition coefficient (Wildman–Crippen LogP) is 6.92. The number of non-ortho nitro benzene ring substituents is 1. The van der Waals surface area contributed by atoms with Crippen LogP contribution in [-0.2, 0) is 50.7 Å². The number of H-pyrrole nitrogens is 1. The van der Waals surface area contributed by atoms with Crippen molar-refractivity contribution in [2.24, 2.45) is 5.92 Å². The zero-order valence-corrected chi connectivity index (χ0v) is 32.9. The highest BCUT2D eigenvalue weighted by Gasteiger charge is 2.67. The molecule has 3 N–H and O–H groups in total. The number of aromatic amines is 1. The molecular weight excluding hydrogens is 746 g/mol. The molecule has 1 saturated heterocycles. The lowest BCUT2D eigenvalue weighted by atomic mass is 9.82. The van der Waals surface area contributed by atoms with Gasteiger partial charge in [-0.15, -0.1) is 0 Å². The predicted molar refractivity (Wildman–Crippen MR) is 216 cm³/mol. The average molecular weight is 790 g/mol. The number of aliphatic hydroxyl groups excluding tert-OH is 1. The van der Waals surface area contributed by atoms with Crippen molar-refractivity contribution >= 4 is 54.1 Å². The van der Waals surface area contributed by atoms with E-state index in [4.69, 9.17) is 4.74 Å². The van der Waals surface area contributed by atoms with Crippen molar-refractivity contribution in [1.82, 2.24) is 9.88 Å². The summed E-state index contributed by atoms with van der Waals surface area (Å²) in [6.45, 7) is 4.92. The van der Waals surface area contributed by atoms with Crippen molar-refractivity contribution in [3.05, 3.63) is 135 Å². The molecule has 4 heterocycles. The molecule has 12 nitrogen and oxygen atoms in total. The molecule has 5 aromatic rings. The molecule has 14 heteroatoms. The molecule has 294 valence electrons. The number of ether oxygens (including phenoxy) is 1. The van der Waals surface area contributed by atoms with Crippen LogP contribution in [0.15, 0.2) is 97.2 Å². The zero-order valence-electron chi connectivity index (χ0n) is 31.9. The van der Waals surface area contributed by atoms with Crippen molar-refractivity contribution in [3.8, 4) is 0 Å². The van der Waals surface area contributed by atoms with Gasteiger partial charge in [0.25, 0.3) is 11.6 Å². The van der Waals surface area contributed by atoms with Crippen molar-refractivity contribution in [2.45, 2.75) is 75.7 Å². The third-order valence-corrected chi connectivity index (χ3v) is 14.5. The molecule has 4 aromatic carbocycles. The fourth-order valence-corrected chi connectivity index (χ4v) is 11.9. The minimum atomic E-state index is -3.67. The highest BCUT2D eigenvalue weighted by Crippen LogP contribution is 2.60. The van der Waals surface area contributed by atoms with Gasteiger partial charge in [-0.3, -0.25) is 24.5 Å². The minimum Gasteiger partial charge on any atom is -0.394 e. The van der Waals surface area contributed by atoms with Crippen LogP contribution in [0.3, 0.4) is 0 Å². The maximum Gasteiger partial charge on any atom is 0.269 e. The number of hydrogen-bond donors (Lipinski definition) is 3. The number of amides is 3. The molecule has 8 rings (SSSR count). The van der Waals surface area contributed by atoms with Crippen LogP contribution in [0.4, 0.5) is 21.2 Å². The van der Waals surface area contributed by atoms with Gasteiger partial charge in [0.2, 0.25) is 20.2 Å². The van der Waals surface area contributed by atoms with Gasteiger partial charge in [-0.2, -0.15) is 0 Å². The summed E-state index contributed by atoms with van der Waals surface area (Å²) in [7, 11) is -3.67. The number of halogens is 1. The number of anilines is 2. The van der Waals surface area contributed by atoms with E-state index in [9.17, 15) is 29.6 Å². The van der Waals surface area contributed by atoms with E-state index >= 15 is 4.11 Å². The number of nitrogens with one attached hydrogen (secondary N) is 2. The smallest absolute Gasteiger partial charge is 0.269 e. The van der Waals surface area contributed by atoms with E-state index in [1.54, 1.807) is 36.1 Å². The van der Waals surface area contributed by atoms with E-state index in [-0.39, 0.29) is 55.6 Å². The fourth-order valence-electron chi connectivity index (χ4n) is 9.37. The van der Waals surface area contributed by atoms with Gasteiger partial charge >= 0.3 is 0 Å². The van der Waals surface area contributed by atoms with Gasteiger partial charge < -0.3 is 34.1 Å². The number of para-hydroxylation sites is 1. The number of fused-ring (bicyclic) bond motifs is 4. The lowest BCUT2D eigenvalue weighted by molar-refractivity contribution is -0.385. The number of aromatic nitrogens is 1. The number of aliphatic hydroxyl groups is 1. The highest BCUT2D eigenvalue weighted by molar-refractivity contribution is 6.72. The number of rotatable bonds is 10. The molecule has 0 bridgehead atoms. The van der Waals surface area contributed by atoms with Gasteiger partial charge in [0.1, 0.15) is 0 Å². The molecule has 1 fully saturated rings. The van der Waals surface area contributed by atoms with Crippen molar-refractivity contribution in [2.75, 3.05) is 16.8 Å². The minimum absolute atomic E-state index is 0.0706. The largest absolute Gasteiger partial charge is 0.394 e. The summed E-state index contributed by atoms with van der Waals surface area (Å²) in [5, 5.41) is 26.3. The SMILES string of the molecule is C[C@@H]1[C@@H]([Si](C)(C)F)[C@H](CC(=O)N2Cc3ccccc3C[C@H]2CO)O[C@@]12C(=O)N(Cc1ccc(NC(=O)Cc3c[nH]c4ccccc34)cc1)c1ccc([N+](=O)[O-])cc12. The first kappa shape index (κ1) is 38.2. The summed E-state index contributed by atoms with van der Waals surface area (Å²) in [6, 6.07) is 26.3. The Labute approximate surface area is 330 Å². The van der Waals surface area contributed by atoms with E-state index in [0.717, 1.165) is 27.6 Å². The average Bonchev–Trinajstić information content (AvgIpc) is 3.81. The van der Waals surface area contributed by atoms with E-state index in [1.807, 2.05) is 54.7 Å². The van der Waals surface area contributed by atoms with E-state index in [1.165, 1.54) is 36.2 Å². The normalized spacial score (nSPS) is 22.9. The van der Waals surface area contributed by atoms with Crippen LogP contribution < -0.4 is 10.2 Å². The Kier molecular flexibility index (Phi) is 9.82. The number of carbonyl (C=O) groups excluding carboxylic acids is 3. The third kappa shape index (κ3) is 6.81. The molecule has 0 radical (unpaired) electrons. The first-order chi connectivity index (χ1) is 27.3. The van der Waals surface area contributed by atoms with Crippen LogP contribution in [0.5, 0.6) is 0 Å². The topological polar surface area (TPSA) is 158 Å². The lowest BCUT2D eigenvalue weighted by Crippen LogP contribution is -2.48. The number of benzene rings is 4. The second-order valence-electron chi connectivity index (χ2n) is 15.9. The van der Waals surface area contributed by atoms with Crippen LogP contribution in [0, 0.1) is 16.0 Å². The Balaban J connectivity index is 1.06. The first-order valence-electron chi connectivity index (χ1n) is 19.2. The molecule has 0 aliphatic carbocycles. The number of nitro groups is 1. The molecule has 3 aliphatic rings. The van der Waals surface area contributed by atoms with Gasteiger partial charge in [-0.25, -0.2) is 0 Å². The summed E-state index contributed by atoms with van der Waals surface area (Å²) in [6.07, 6.45) is 1.26. The lowest BCUT2D eigenvalue weighted by Gasteiger charge is -2.37. The number of nitro benzene ring substituents is 1. The van der Waals surface area contributed by atoms with Gasteiger partial charge in [0, 0.05) is 58.5 Å². The molecule has 1 spiro atoms. The van der Waals surface area contributed by atoms with Gasteiger partial charge in [-0.05, 0) is 66.0 Å². The van der Waals surface area contributed by atoms with Gasteiger partial charge in [0.05, 0.1) is 48.7 Å². The maximum atomic E-state index is 16.6. The van der Waals surface area contributed by atoms with E-state index in [2.05, 4.69) is 10.3 Å². The quantitative estimate of drug-likeness (QED) is 0.0600. The molecule has 0 unspecified atom stereocenters.